The van der Waals surface area contributed by atoms with Gasteiger partial charge in [0.2, 0.25) is 5.91 Å². The molecule has 27 heavy (non-hydrogen) atoms. The number of aryl methyl sites for hydroxylation is 1. The number of rotatable bonds is 3. The molecular formula is C22H26ClFN2O. The zero-order valence-corrected chi connectivity index (χ0v) is 17.1. The van der Waals surface area contributed by atoms with Crippen LogP contribution in [-0.2, 0) is 17.8 Å². The van der Waals surface area contributed by atoms with Crippen molar-refractivity contribution in [3.8, 4) is 0 Å². The molecule has 1 N–H and O–H groups in total. The first-order valence-corrected chi connectivity index (χ1v) is 9.62. The van der Waals surface area contributed by atoms with Crippen LogP contribution in [-0.4, -0.2) is 12.5 Å². The van der Waals surface area contributed by atoms with Crippen LogP contribution in [0.15, 0.2) is 30.3 Å². The summed E-state index contributed by atoms with van der Waals surface area (Å²) in [5.74, 6) is -0.246. The normalized spacial score (nSPS) is 14.1. The fourth-order valence-corrected chi connectivity index (χ4v) is 3.79. The van der Waals surface area contributed by atoms with Gasteiger partial charge in [0.15, 0.2) is 0 Å². The molecule has 1 amide bonds. The van der Waals surface area contributed by atoms with Gasteiger partial charge in [-0.3, -0.25) is 4.79 Å². The van der Waals surface area contributed by atoms with Crippen molar-refractivity contribution in [3.05, 3.63) is 57.9 Å². The smallest absolute Gasteiger partial charge is 0.224 e. The zero-order valence-electron chi connectivity index (χ0n) is 16.3. The van der Waals surface area contributed by atoms with Gasteiger partial charge in [-0.05, 0) is 59.7 Å². The summed E-state index contributed by atoms with van der Waals surface area (Å²) in [7, 11) is 0. The van der Waals surface area contributed by atoms with Crippen LogP contribution in [0.3, 0.4) is 0 Å². The van der Waals surface area contributed by atoms with Crippen LogP contribution in [0.4, 0.5) is 15.8 Å². The second-order valence-electron chi connectivity index (χ2n) is 8.49. The predicted octanol–water partition coefficient (Wildman–Crippen LogP) is 5.72. The average molecular weight is 389 g/mol. The number of carbonyl (C=O) groups excluding carboxylic acids is 1. The molecule has 0 atom stereocenters. The standard InChI is InChI=1S/C22H26ClFN2O/c1-14-9-18(11-19(23)21(14)25-20(27)12-22(2,3)4)26-8-7-15-5-6-17(24)10-16(15)13-26/h5-6,9-11H,7-8,12-13H2,1-4H3,(H,25,27). The van der Waals surface area contributed by atoms with Gasteiger partial charge in [0, 0.05) is 25.2 Å². The van der Waals surface area contributed by atoms with Crippen LogP contribution in [0.5, 0.6) is 0 Å². The van der Waals surface area contributed by atoms with E-state index in [1.807, 2.05) is 45.9 Å². The van der Waals surface area contributed by atoms with Crippen molar-refractivity contribution in [2.75, 3.05) is 16.8 Å². The summed E-state index contributed by atoms with van der Waals surface area (Å²) in [6, 6.07) is 8.91. The maximum atomic E-state index is 13.6. The van der Waals surface area contributed by atoms with Gasteiger partial charge in [-0.15, -0.1) is 0 Å². The zero-order chi connectivity index (χ0) is 19.8. The van der Waals surface area contributed by atoms with Crippen molar-refractivity contribution in [1.82, 2.24) is 0 Å². The molecule has 0 aliphatic carbocycles. The van der Waals surface area contributed by atoms with Crippen LogP contribution in [0, 0.1) is 18.2 Å². The Bertz CT molecular complexity index is 850. The first-order valence-electron chi connectivity index (χ1n) is 9.25. The Balaban J connectivity index is 1.80. The minimum absolute atomic E-state index is 0.0392. The lowest BCUT2D eigenvalue weighted by Gasteiger charge is -2.31. The largest absolute Gasteiger partial charge is 0.367 e. The third kappa shape index (κ3) is 4.81. The SMILES string of the molecule is Cc1cc(N2CCc3ccc(F)cc3C2)cc(Cl)c1NC(=O)CC(C)(C)C. The van der Waals surface area contributed by atoms with Gasteiger partial charge in [-0.25, -0.2) is 4.39 Å². The van der Waals surface area contributed by atoms with E-state index in [2.05, 4.69) is 10.2 Å². The lowest BCUT2D eigenvalue weighted by Crippen LogP contribution is -2.30. The van der Waals surface area contributed by atoms with E-state index < -0.39 is 0 Å². The van der Waals surface area contributed by atoms with Gasteiger partial charge in [0.25, 0.3) is 0 Å². The molecule has 2 aromatic rings. The summed E-state index contributed by atoms with van der Waals surface area (Å²) in [4.78, 5) is 14.5. The second-order valence-corrected chi connectivity index (χ2v) is 8.90. The van der Waals surface area contributed by atoms with E-state index in [4.69, 9.17) is 11.6 Å². The molecule has 3 rings (SSSR count). The lowest BCUT2D eigenvalue weighted by atomic mass is 9.92. The molecule has 0 spiro atoms. The van der Waals surface area contributed by atoms with Crippen LogP contribution < -0.4 is 10.2 Å². The Morgan fingerprint density at radius 2 is 1.96 bits per heavy atom. The molecule has 0 fully saturated rings. The van der Waals surface area contributed by atoms with Crippen LogP contribution in [0.1, 0.15) is 43.9 Å². The van der Waals surface area contributed by atoms with Crippen molar-refractivity contribution in [1.29, 1.82) is 0 Å². The Morgan fingerprint density at radius 3 is 2.63 bits per heavy atom. The first-order chi connectivity index (χ1) is 12.6. The minimum atomic E-state index is -0.207. The topological polar surface area (TPSA) is 32.3 Å². The van der Waals surface area contributed by atoms with E-state index in [1.54, 1.807) is 6.07 Å². The highest BCUT2D eigenvalue weighted by Gasteiger charge is 2.21. The fraction of sp³-hybridized carbons (Fsp3) is 0.409. The van der Waals surface area contributed by atoms with E-state index in [0.29, 0.717) is 23.7 Å². The quantitative estimate of drug-likeness (QED) is 0.728. The van der Waals surface area contributed by atoms with Gasteiger partial charge in [0.1, 0.15) is 5.82 Å². The third-order valence-electron chi connectivity index (χ3n) is 4.77. The van der Waals surface area contributed by atoms with Crippen molar-refractivity contribution < 1.29 is 9.18 Å². The van der Waals surface area contributed by atoms with E-state index in [1.165, 1.54) is 11.6 Å². The number of benzene rings is 2. The van der Waals surface area contributed by atoms with Crippen LogP contribution in [0.2, 0.25) is 5.02 Å². The molecular weight excluding hydrogens is 363 g/mol. The van der Waals surface area contributed by atoms with Gasteiger partial charge >= 0.3 is 0 Å². The number of halogens is 2. The molecule has 0 saturated carbocycles. The minimum Gasteiger partial charge on any atom is -0.367 e. The van der Waals surface area contributed by atoms with Gasteiger partial charge < -0.3 is 10.2 Å². The summed E-state index contributed by atoms with van der Waals surface area (Å²) in [6.45, 7) is 9.53. The molecule has 0 radical (unpaired) electrons. The molecule has 1 aliphatic rings. The van der Waals surface area contributed by atoms with Crippen molar-refractivity contribution in [2.24, 2.45) is 5.41 Å². The van der Waals surface area contributed by atoms with Crippen molar-refractivity contribution >= 4 is 28.9 Å². The number of hydrogen-bond donors (Lipinski definition) is 1. The number of anilines is 2. The lowest BCUT2D eigenvalue weighted by molar-refractivity contribution is -0.117. The highest BCUT2D eigenvalue weighted by molar-refractivity contribution is 6.34. The first kappa shape index (κ1) is 19.7. The second kappa shape index (κ2) is 7.51. The summed E-state index contributed by atoms with van der Waals surface area (Å²) < 4.78 is 13.6. The summed E-state index contributed by atoms with van der Waals surface area (Å²) >= 11 is 6.49. The number of nitrogens with one attached hydrogen (secondary N) is 1. The molecule has 144 valence electrons. The monoisotopic (exact) mass is 388 g/mol. The van der Waals surface area contributed by atoms with Crippen molar-refractivity contribution in [2.45, 2.75) is 47.1 Å². The summed E-state index contributed by atoms with van der Waals surface area (Å²) in [6.07, 6.45) is 1.30. The van der Waals surface area contributed by atoms with Crippen molar-refractivity contribution in [3.63, 3.8) is 0 Å². The van der Waals surface area contributed by atoms with Gasteiger partial charge in [-0.1, -0.05) is 38.4 Å². The molecule has 0 saturated heterocycles. The molecule has 0 aromatic heterocycles. The molecule has 0 unspecified atom stereocenters. The molecule has 0 bridgehead atoms. The van der Waals surface area contributed by atoms with E-state index in [0.717, 1.165) is 29.8 Å². The number of hydrogen-bond acceptors (Lipinski definition) is 2. The molecule has 2 aromatic carbocycles. The Labute approximate surface area is 165 Å². The van der Waals surface area contributed by atoms with Crippen LogP contribution >= 0.6 is 11.6 Å². The number of amides is 1. The van der Waals surface area contributed by atoms with E-state index in [-0.39, 0.29) is 17.1 Å². The van der Waals surface area contributed by atoms with Gasteiger partial charge in [-0.2, -0.15) is 0 Å². The number of nitrogens with zero attached hydrogens (tertiary/aromatic N) is 1. The van der Waals surface area contributed by atoms with Gasteiger partial charge in [0.05, 0.1) is 10.7 Å². The fourth-order valence-electron chi connectivity index (χ4n) is 3.48. The third-order valence-corrected chi connectivity index (χ3v) is 5.07. The number of carbonyl (C=O) groups is 1. The number of fused-ring (bicyclic) bond motifs is 1. The van der Waals surface area contributed by atoms with E-state index >= 15 is 0 Å². The maximum absolute atomic E-state index is 13.6. The summed E-state index contributed by atoms with van der Waals surface area (Å²) in [5, 5.41) is 3.47. The predicted molar refractivity (Wildman–Crippen MR) is 110 cm³/mol. The highest BCUT2D eigenvalue weighted by Crippen LogP contribution is 2.34. The maximum Gasteiger partial charge on any atom is 0.224 e. The Hall–Kier alpha value is -2.07. The van der Waals surface area contributed by atoms with E-state index in [9.17, 15) is 9.18 Å². The van der Waals surface area contributed by atoms with Crippen LogP contribution in [0.25, 0.3) is 0 Å². The Kier molecular flexibility index (Phi) is 5.48. The average Bonchev–Trinajstić information content (AvgIpc) is 2.55. The highest BCUT2D eigenvalue weighted by atomic mass is 35.5. The molecule has 1 heterocycles. The Morgan fingerprint density at radius 1 is 1.22 bits per heavy atom. The molecule has 5 heteroatoms. The molecule has 1 aliphatic heterocycles. The summed E-state index contributed by atoms with van der Waals surface area (Å²) in [5.41, 5.74) is 4.70. The molecule has 3 nitrogen and oxygen atoms in total.